The molecule has 4 unspecified atom stereocenters. The number of hydrogen-bond donors (Lipinski definition) is 4. The Morgan fingerprint density at radius 1 is 1.28 bits per heavy atom. The van der Waals surface area contributed by atoms with Crippen LogP contribution in [-0.4, -0.2) is 102 Å². The Bertz CT molecular complexity index is 1800. The summed E-state index contributed by atoms with van der Waals surface area (Å²) in [6.45, 7) is -2.36. The molecular formula is C25H32N7O13PS. The highest BCUT2D eigenvalue weighted by Gasteiger charge is 2.46. The minimum Gasteiger partial charge on any atom is -0.493 e. The lowest BCUT2D eigenvalue weighted by Crippen LogP contribution is -2.31. The van der Waals surface area contributed by atoms with Crippen LogP contribution in [0.5, 0.6) is 0 Å². The molecule has 0 aromatic carbocycles. The van der Waals surface area contributed by atoms with Gasteiger partial charge in [-0.1, -0.05) is 0 Å². The van der Waals surface area contributed by atoms with E-state index in [0.29, 0.717) is 22.5 Å². The van der Waals surface area contributed by atoms with Gasteiger partial charge in [0.1, 0.15) is 24.2 Å². The lowest BCUT2D eigenvalue weighted by Gasteiger charge is -2.25. The first-order chi connectivity index (χ1) is 22.4. The van der Waals surface area contributed by atoms with E-state index >= 15 is 0 Å². The quantitative estimate of drug-likeness (QED) is 0.108. The molecule has 256 valence electrons. The summed E-state index contributed by atoms with van der Waals surface area (Å²) in [6, 6.07) is 1.05. The molecule has 2 aliphatic heterocycles. The van der Waals surface area contributed by atoms with Crippen LogP contribution in [0.15, 0.2) is 40.3 Å². The van der Waals surface area contributed by atoms with E-state index in [9.17, 15) is 29.2 Å². The minimum absolute atomic E-state index is 0.0861. The number of H-pyrrole nitrogens is 1. The van der Waals surface area contributed by atoms with Gasteiger partial charge in [0.2, 0.25) is 5.88 Å². The van der Waals surface area contributed by atoms with Crippen molar-refractivity contribution in [1.82, 2.24) is 29.1 Å². The van der Waals surface area contributed by atoms with Gasteiger partial charge in [-0.2, -0.15) is 0 Å². The first-order valence-electron chi connectivity index (χ1n) is 14.0. The number of aromatic nitrogens is 6. The summed E-state index contributed by atoms with van der Waals surface area (Å²) < 4.78 is 55.3. The summed E-state index contributed by atoms with van der Waals surface area (Å²) in [5, 5.41) is 20.9. The van der Waals surface area contributed by atoms with Gasteiger partial charge in [-0.3, -0.25) is 23.4 Å². The average Bonchev–Trinajstić information content (AvgIpc) is 3.71. The number of rotatable bonds is 13. The summed E-state index contributed by atoms with van der Waals surface area (Å²) in [7, 11) is 1.22. The zero-order valence-electron chi connectivity index (χ0n) is 25.2. The molecule has 0 spiro atoms. The number of imidazole rings is 1. The smallest absolute Gasteiger partial charge is 0.493 e. The molecule has 3 aromatic rings. The van der Waals surface area contributed by atoms with Crippen LogP contribution in [0.2, 0.25) is 0 Å². The van der Waals surface area contributed by atoms with Crippen LogP contribution >= 0.6 is 18.2 Å². The van der Waals surface area contributed by atoms with Gasteiger partial charge in [-0.15, -0.1) is 0 Å². The van der Waals surface area contributed by atoms with Crippen molar-refractivity contribution in [3.05, 3.63) is 51.5 Å². The van der Waals surface area contributed by atoms with Crippen LogP contribution < -0.4 is 17.0 Å². The van der Waals surface area contributed by atoms with Crippen LogP contribution in [0.3, 0.4) is 0 Å². The number of nitrogens with zero attached hydrogens (tertiary/aromatic N) is 5. The van der Waals surface area contributed by atoms with Gasteiger partial charge in [0, 0.05) is 30.1 Å². The Labute approximate surface area is 269 Å². The molecular weight excluding hydrogens is 669 g/mol. The monoisotopic (exact) mass is 701 g/mol. The van der Waals surface area contributed by atoms with E-state index in [1.54, 1.807) is 18.4 Å². The number of ether oxygens (including phenoxy) is 5. The second-order valence-corrected chi connectivity index (χ2v) is 14.3. The van der Waals surface area contributed by atoms with Crippen LogP contribution in [0.25, 0.3) is 17.0 Å². The fourth-order valence-corrected chi connectivity index (χ4v) is 7.37. The van der Waals surface area contributed by atoms with E-state index < -0.39 is 80.1 Å². The second-order valence-electron chi connectivity index (χ2n) is 10.3. The maximum absolute atomic E-state index is 14.2. The zero-order chi connectivity index (χ0) is 33.9. The molecule has 5 N–H and O–H groups in total. The Kier molecular flexibility index (Phi) is 10.5. The van der Waals surface area contributed by atoms with Crippen molar-refractivity contribution in [1.29, 1.82) is 0 Å². The molecule has 6 atom stereocenters. The standard InChI is InChI=1S/C25H32N7O13PS/c1-12(2)42-25(37)40-11-47-46(38,45-19-14(7-33)44-23(20(19)39-3)31-5-4-16(35)30-24(31)36)41-8-15-13(34)6-17(43-15)32-10-29-18-21(26)27-9-28-22(18)32/h4-5,9-10,12-15,17,19,33-34H,6-8,11H2,1-3H3,(H2,26,27,28)(H,30,35,36)/t13?,14-,15-,17?,19?,46?/m1/s1. The fourth-order valence-electron chi connectivity index (χ4n) is 4.64. The van der Waals surface area contributed by atoms with E-state index in [4.69, 9.17) is 38.5 Å². The second kappa shape index (κ2) is 14.4. The third-order valence-corrected chi connectivity index (χ3v) is 10.1. The van der Waals surface area contributed by atoms with Crippen molar-refractivity contribution in [3.8, 4) is 0 Å². The van der Waals surface area contributed by atoms with E-state index in [1.165, 1.54) is 19.8 Å². The van der Waals surface area contributed by atoms with Crippen LogP contribution in [0, 0.1) is 0 Å². The molecule has 0 saturated carbocycles. The fraction of sp³-hybridized carbons (Fsp3) is 0.520. The van der Waals surface area contributed by atoms with Crippen molar-refractivity contribution in [3.63, 3.8) is 0 Å². The highest BCUT2D eigenvalue weighted by Crippen LogP contribution is 2.63. The maximum atomic E-state index is 14.2. The zero-order valence-corrected chi connectivity index (χ0v) is 26.9. The molecule has 0 aliphatic carbocycles. The normalized spacial score (nSPS) is 24.0. The molecule has 2 aliphatic rings. The van der Waals surface area contributed by atoms with E-state index in [1.807, 2.05) is 0 Å². The van der Waals surface area contributed by atoms with Gasteiger partial charge >= 0.3 is 18.6 Å². The van der Waals surface area contributed by atoms with Gasteiger partial charge in [-0.25, -0.2) is 33.7 Å². The third kappa shape index (κ3) is 7.61. The number of nitrogens with two attached hydrogens (primary N) is 1. The van der Waals surface area contributed by atoms with Gasteiger partial charge in [0.15, 0.2) is 35.4 Å². The summed E-state index contributed by atoms with van der Waals surface area (Å²) in [5.74, 6) is -0.817. The topological polar surface area (TPSA) is 264 Å². The predicted molar refractivity (Wildman–Crippen MR) is 161 cm³/mol. The average molecular weight is 702 g/mol. The van der Waals surface area contributed by atoms with Crippen molar-refractivity contribution in [2.24, 2.45) is 0 Å². The molecule has 5 rings (SSSR count). The number of aromatic amines is 1. The molecule has 20 nitrogen and oxygen atoms in total. The summed E-state index contributed by atoms with van der Waals surface area (Å²) in [4.78, 5) is 50.4. The molecule has 47 heavy (non-hydrogen) atoms. The number of aliphatic hydroxyl groups is 2. The number of anilines is 1. The predicted octanol–water partition coefficient (Wildman–Crippen LogP) is 0.533. The number of fused-ring (bicyclic) bond motifs is 1. The molecule has 0 bridgehead atoms. The number of carbonyl (C=O) groups excluding carboxylic acids is 1. The Morgan fingerprint density at radius 3 is 2.77 bits per heavy atom. The summed E-state index contributed by atoms with van der Waals surface area (Å²) >= 11 is 0.453. The Hall–Kier alpha value is -3.98. The largest absolute Gasteiger partial charge is 0.509 e. The minimum atomic E-state index is -4.42. The van der Waals surface area contributed by atoms with Gasteiger partial charge in [0.05, 0.1) is 38.9 Å². The van der Waals surface area contributed by atoms with Crippen molar-refractivity contribution in [2.45, 2.75) is 57.0 Å². The summed E-state index contributed by atoms with van der Waals surface area (Å²) in [6.07, 6.45) is -3.18. The SMILES string of the molecule is COC1=C(n2ccc(=O)[nH]c2=O)O[C@H](CO)C1OP(=O)(OC[C@H]1OC(n2cnc3c(N)ncnc32)CC1O)SCOC(=O)OC(C)C. The van der Waals surface area contributed by atoms with Gasteiger partial charge < -0.3 is 39.6 Å². The number of aliphatic hydroxyl groups excluding tert-OH is 2. The number of nitrogens with one attached hydrogen (secondary N) is 1. The van der Waals surface area contributed by atoms with Gasteiger partial charge in [-0.05, 0) is 13.8 Å². The van der Waals surface area contributed by atoms with E-state index in [-0.39, 0.29) is 23.9 Å². The molecule has 0 amide bonds. The number of carbonyl (C=O) groups is 1. The molecule has 0 radical (unpaired) electrons. The Morgan fingerprint density at radius 2 is 2.06 bits per heavy atom. The number of nitrogen functional groups attached to an aromatic ring is 1. The van der Waals surface area contributed by atoms with Crippen molar-refractivity contribution >= 4 is 47.2 Å². The first-order valence-corrected chi connectivity index (χ1v) is 17.1. The highest BCUT2D eigenvalue weighted by molar-refractivity contribution is 8.55. The number of hydrogen-bond acceptors (Lipinski definition) is 18. The molecule has 5 heterocycles. The lowest BCUT2D eigenvalue weighted by atomic mass is 10.2. The van der Waals surface area contributed by atoms with Crippen molar-refractivity contribution in [2.75, 3.05) is 32.0 Å². The highest BCUT2D eigenvalue weighted by atomic mass is 32.7. The van der Waals surface area contributed by atoms with Crippen LogP contribution in [0.1, 0.15) is 26.5 Å². The lowest BCUT2D eigenvalue weighted by molar-refractivity contribution is -0.0426. The number of methoxy groups -OCH3 is 1. The third-order valence-electron chi connectivity index (χ3n) is 6.77. The Balaban J connectivity index is 1.36. The molecule has 1 fully saturated rings. The van der Waals surface area contributed by atoms with Crippen LogP contribution in [-0.2, 0) is 37.3 Å². The molecule has 22 heteroatoms. The maximum Gasteiger partial charge on any atom is 0.509 e. The molecule has 3 aromatic heterocycles. The summed E-state index contributed by atoms with van der Waals surface area (Å²) in [5.41, 5.74) is 5.04. The van der Waals surface area contributed by atoms with Gasteiger partial charge in [0.25, 0.3) is 5.56 Å². The van der Waals surface area contributed by atoms with E-state index in [0.717, 1.165) is 16.8 Å². The van der Waals surface area contributed by atoms with Crippen LogP contribution in [0.4, 0.5) is 10.6 Å². The van der Waals surface area contributed by atoms with E-state index in [2.05, 4.69) is 19.9 Å². The first kappa shape index (κ1) is 34.4. The molecule has 1 saturated heterocycles. The van der Waals surface area contributed by atoms with Crippen molar-refractivity contribution < 1.29 is 52.3 Å².